The Morgan fingerprint density at radius 1 is 1.38 bits per heavy atom. The summed E-state index contributed by atoms with van der Waals surface area (Å²) in [7, 11) is 1.81. The van der Waals surface area contributed by atoms with Crippen molar-refractivity contribution in [1.82, 2.24) is 19.5 Å². The van der Waals surface area contributed by atoms with Crippen molar-refractivity contribution in [2.75, 3.05) is 5.73 Å². The van der Waals surface area contributed by atoms with Gasteiger partial charge in [0, 0.05) is 7.05 Å². The molecule has 7 nitrogen and oxygen atoms in total. The molecule has 7 heteroatoms. The third kappa shape index (κ3) is 2.32. The number of aromatic nitrogens is 4. The van der Waals surface area contributed by atoms with Gasteiger partial charge in [0.25, 0.3) is 0 Å². The Hall–Kier alpha value is -2.85. The smallest absolute Gasteiger partial charge is 0.209 e. The van der Waals surface area contributed by atoms with E-state index < -0.39 is 6.10 Å². The van der Waals surface area contributed by atoms with Gasteiger partial charge in [-0.3, -0.25) is 0 Å². The Balaban J connectivity index is 2.19. The van der Waals surface area contributed by atoms with Crippen molar-refractivity contribution in [3.63, 3.8) is 0 Å². The Morgan fingerprint density at radius 3 is 2.86 bits per heavy atom. The van der Waals surface area contributed by atoms with E-state index in [4.69, 9.17) is 10.2 Å². The van der Waals surface area contributed by atoms with Crippen LogP contribution in [-0.2, 0) is 7.05 Å². The Kier molecular flexibility index (Phi) is 3.08. The molecule has 3 N–H and O–H groups in total. The molecule has 0 amide bonds. The standard InChI is InChI=1S/C14H13N5O2/c1-8(20)5-6-10-16-12(15)11-14(17-10)19(2)13(18-11)9-4-3-7-21-9/h3-4,7-8,20H,1-2H3,(H2,15,16,17). The van der Waals surface area contributed by atoms with Gasteiger partial charge in [-0.2, -0.15) is 0 Å². The third-order valence-electron chi connectivity index (χ3n) is 2.88. The zero-order valence-electron chi connectivity index (χ0n) is 11.5. The van der Waals surface area contributed by atoms with Crippen LogP contribution in [0.5, 0.6) is 0 Å². The van der Waals surface area contributed by atoms with E-state index in [-0.39, 0.29) is 11.6 Å². The van der Waals surface area contributed by atoms with Gasteiger partial charge in [-0.25, -0.2) is 15.0 Å². The number of aliphatic hydroxyl groups is 1. The average Bonchev–Trinajstić information content (AvgIpc) is 3.05. The minimum atomic E-state index is -0.754. The summed E-state index contributed by atoms with van der Waals surface area (Å²) in [5.41, 5.74) is 6.96. The maximum atomic E-state index is 9.19. The Morgan fingerprint density at radius 2 is 2.19 bits per heavy atom. The summed E-state index contributed by atoms with van der Waals surface area (Å²) in [6.07, 6.45) is 0.819. The molecule has 0 aliphatic carbocycles. The fourth-order valence-corrected chi connectivity index (χ4v) is 1.93. The zero-order valence-corrected chi connectivity index (χ0v) is 11.5. The summed E-state index contributed by atoms with van der Waals surface area (Å²) in [5, 5.41) is 9.19. The van der Waals surface area contributed by atoms with Crippen molar-refractivity contribution >= 4 is 17.0 Å². The van der Waals surface area contributed by atoms with E-state index in [1.54, 1.807) is 29.9 Å². The largest absolute Gasteiger partial charge is 0.461 e. The minimum absolute atomic E-state index is 0.239. The van der Waals surface area contributed by atoms with Crippen LogP contribution in [0, 0.1) is 11.8 Å². The predicted molar refractivity (Wildman–Crippen MR) is 77.0 cm³/mol. The molecule has 0 aromatic carbocycles. The topological polar surface area (TPSA) is 103 Å². The molecule has 0 saturated carbocycles. The lowest BCUT2D eigenvalue weighted by molar-refractivity contribution is 0.253. The lowest BCUT2D eigenvalue weighted by Crippen LogP contribution is -2.01. The van der Waals surface area contributed by atoms with E-state index >= 15 is 0 Å². The van der Waals surface area contributed by atoms with Crippen LogP contribution in [-0.4, -0.2) is 30.7 Å². The van der Waals surface area contributed by atoms with Crippen LogP contribution in [0.25, 0.3) is 22.7 Å². The maximum Gasteiger partial charge on any atom is 0.209 e. The summed E-state index contributed by atoms with van der Waals surface area (Å²) in [5.74, 6) is 6.98. The molecule has 3 rings (SSSR count). The highest BCUT2D eigenvalue weighted by atomic mass is 16.3. The van der Waals surface area contributed by atoms with Gasteiger partial charge in [0.1, 0.15) is 6.10 Å². The number of aryl methyl sites for hydroxylation is 1. The molecule has 3 aromatic heterocycles. The third-order valence-corrected chi connectivity index (χ3v) is 2.88. The van der Waals surface area contributed by atoms with Crippen LogP contribution in [0.1, 0.15) is 12.7 Å². The van der Waals surface area contributed by atoms with Crippen molar-refractivity contribution in [2.24, 2.45) is 7.05 Å². The second kappa shape index (κ2) is 4.92. The first kappa shape index (κ1) is 13.1. The van der Waals surface area contributed by atoms with Crippen LogP contribution < -0.4 is 5.73 Å². The van der Waals surface area contributed by atoms with Gasteiger partial charge >= 0.3 is 0 Å². The normalized spacial score (nSPS) is 12.1. The summed E-state index contributed by atoms with van der Waals surface area (Å²) in [6.45, 7) is 1.56. The number of anilines is 1. The molecule has 0 bridgehead atoms. The quantitative estimate of drug-likeness (QED) is 0.644. The summed E-state index contributed by atoms with van der Waals surface area (Å²) in [4.78, 5) is 12.8. The first-order valence-corrected chi connectivity index (χ1v) is 6.29. The van der Waals surface area contributed by atoms with Crippen molar-refractivity contribution in [3.05, 3.63) is 24.2 Å². The average molecular weight is 283 g/mol. The van der Waals surface area contributed by atoms with Gasteiger partial charge in [0.05, 0.1) is 6.26 Å². The van der Waals surface area contributed by atoms with E-state index in [0.717, 1.165) is 0 Å². The molecule has 0 aliphatic heterocycles. The molecule has 0 saturated heterocycles. The Bertz CT molecular complexity index is 853. The van der Waals surface area contributed by atoms with Gasteiger partial charge < -0.3 is 19.8 Å². The monoisotopic (exact) mass is 283 g/mol. The molecule has 0 spiro atoms. The molecule has 0 fully saturated rings. The number of aliphatic hydroxyl groups excluding tert-OH is 1. The first-order valence-electron chi connectivity index (χ1n) is 6.29. The summed E-state index contributed by atoms with van der Waals surface area (Å²) >= 11 is 0. The highest BCUT2D eigenvalue weighted by Gasteiger charge is 2.16. The lowest BCUT2D eigenvalue weighted by Gasteiger charge is -1.99. The zero-order chi connectivity index (χ0) is 15.0. The number of hydrogen-bond donors (Lipinski definition) is 2. The molecule has 3 aromatic rings. The number of nitrogen functional groups attached to an aromatic ring is 1. The molecule has 0 radical (unpaired) electrons. The van der Waals surface area contributed by atoms with Gasteiger partial charge in [-0.05, 0) is 25.0 Å². The van der Waals surface area contributed by atoms with Crippen LogP contribution in [0.2, 0.25) is 0 Å². The van der Waals surface area contributed by atoms with Crippen LogP contribution in [0.3, 0.4) is 0 Å². The van der Waals surface area contributed by atoms with Gasteiger partial charge in [-0.1, -0.05) is 5.92 Å². The number of nitrogens with zero attached hydrogens (tertiary/aromatic N) is 4. The second-order valence-corrected chi connectivity index (χ2v) is 4.52. The Labute approximate surface area is 120 Å². The molecule has 1 unspecified atom stereocenters. The summed E-state index contributed by atoms with van der Waals surface area (Å²) in [6, 6.07) is 3.59. The van der Waals surface area contributed by atoms with Crippen LogP contribution >= 0.6 is 0 Å². The number of hydrogen-bond acceptors (Lipinski definition) is 6. The van der Waals surface area contributed by atoms with Crippen molar-refractivity contribution in [1.29, 1.82) is 0 Å². The molecular weight excluding hydrogens is 270 g/mol. The molecule has 0 aliphatic rings. The van der Waals surface area contributed by atoms with E-state index in [9.17, 15) is 5.11 Å². The van der Waals surface area contributed by atoms with E-state index in [1.807, 2.05) is 7.05 Å². The van der Waals surface area contributed by atoms with Gasteiger partial charge in [0.15, 0.2) is 28.6 Å². The molecule has 1 atom stereocenters. The minimum Gasteiger partial charge on any atom is -0.461 e. The first-order chi connectivity index (χ1) is 10.1. The molecule has 3 heterocycles. The molecule has 21 heavy (non-hydrogen) atoms. The SMILES string of the molecule is CC(O)C#Cc1nc(N)c2nc(-c3ccco3)n(C)c2n1. The number of rotatable bonds is 1. The highest BCUT2D eigenvalue weighted by molar-refractivity contribution is 5.85. The van der Waals surface area contributed by atoms with Crippen LogP contribution in [0.4, 0.5) is 5.82 Å². The number of fused-ring (bicyclic) bond motifs is 1. The molecular formula is C14H13N5O2. The van der Waals surface area contributed by atoms with E-state index in [2.05, 4.69) is 26.8 Å². The number of imidazole rings is 1. The van der Waals surface area contributed by atoms with Crippen molar-refractivity contribution in [2.45, 2.75) is 13.0 Å². The maximum absolute atomic E-state index is 9.19. The number of furan rings is 1. The predicted octanol–water partition coefficient (Wildman–Crippen LogP) is 0.938. The van der Waals surface area contributed by atoms with Crippen LogP contribution in [0.15, 0.2) is 22.8 Å². The highest BCUT2D eigenvalue weighted by Crippen LogP contribution is 2.25. The second-order valence-electron chi connectivity index (χ2n) is 4.52. The summed E-state index contributed by atoms with van der Waals surface area (Å²) < 4.78 is 7.11. The van der Waals surface area contributed by atoms with Crippen molar-refractivity contribution in [3.8, 4) is 23.4 Å². The van der Waals surface area contributed by atoms with E-state index in [0.29, 0.717) is 22.7 Å². The fourth-order valence-electron chi connectivity index (χ4n) is 1.93. The van der Waals surface area contributed by atoms with Gasteiger partial charge in [-0.15, -0.1) is 0 Å². The van der Waals surface area contributed by atoms with Crippen molar-refractivity contribution < 1.29 is 9.52 Å². The fraction of sp³-hybridized carbons (Fsp3) is 0.214. The number of nitrogens with two attached hydrogens (primary N) is 1. The molecule has 106 valence electrons. The lowest BCUT2D eigenvalue weighted by atomic mass is 10.4. The van der Waals surface area contributed by atoms with E-state index in [1.165, 1.54) is 0 Å². The van der Waals surface area contributed by atoms with Gasteiger partial charge in [0.2, 0.25) is 5.82 Å².